The first kappa shape index (κ1) is 13.8. The van der Waals surface area contributed by atoms with Crippen LogP contribution in [0.2, 0.25) is 0 Å². The lowest BCUT2D eigenvalue weighted by molar-refractivity contribution is -0.132. The summed E-state index contributed by atoms with van der Waals surface area (Å²) in [7, 11) is 1.55. The number of nitrogens with zero attached hydrogens (tertiary/aromatic N) is 2. The summed E-state index contributed by atoms with van der Waals surface area (Å²) in [6.45, 7) is 3.34. The number of hydrogen-bond acceptors (Lipinski definition) is 5. The minimum atomic E-state index is 0.0407. The molecule has 1 heterocycles. The summed E-state index contributed by atoms with van der Waals surface area (Å²) >= 11 is 0. The molecular formula is C11H22N4O2. The normalized spacial score (nSPS) is 20.8. The van der Waals surface area contributed by atoms with Crippen molar-refractivity contribution in [1.29, 1.82) is 0 Å². The van der Waals surface area contributed by atoms with Crippen LogP contribution in [-0.2, 0) is 9.53 Å². The number of carbonyl (C=O) groups excluding carboxylic acids is 1. The van der Waals surface area contributed by atoms with Crippen LogP contribution < -0.4 is 11.6 Å². The molecule has 6 nitrogen and oxygen atoms in total. The summed E-state index contributed by atoms with van der Waals surface area (Å²) in [6, 6.07) is 0.316. The van der Waals surface area contributed by atoms with Crippen molar-refractivity contribution in [2.24, 2.45) is 11.6 Å². The Morgan fingerprint density at radius 2 is 2.35 bits per heavy atom. The lowest BCUT2D eigenvalue weighted by Gasteiger charge is -2.24. The number of hydrazine groups is 1. The van der Waals surface area contributed by atoms with Gasteiger partial charge >= 0.3 is 0 Å². The van der Waals surface area contributed by atoms with Crippen molar-refractivity contribution in [1.82, 2.24) is 9.91 Å². The van der Waals surface area contributed by atoms with Gasteiger partial charge in [0.1, 0.15) is 6.54 Å². The topological polar surface area (TPSA) is 84.8 Å². The molecule has 6 heteroatoms. The minimum absolute atomic E-state index is 0.0407. The monoisotopic (exact) mass is 242 g/mol. The second-order valence-corrected chi connectivity index (χ2v) is 4.39. The maximum Gasteiger partial charge on any atom is 0.243 e. The zero-order valence-electron chi connectivity index (χ0n) is 10.6. The third kappa shape index (κ3) is 4.24. The highest BCUT2D eigenvalue weighted by Crippen LogP contribution is 2.16. The van der Waals surface area contributed by atoms with Crippen molar-refractivity contribution in [2.45, 2.75) is 25.8 Å². The number of hydrogen-bond donors (Lipinski definition) is 2. The zero-order chi connectivity index (χ0) is 12.8. The van der Waals surface area contributed by atoms with Gasteiger partial charge in [0.05, 0.1) is 12.3 Å². The second kappa shape index (κ2) is 6.46. The molecule has 1 saturated heterocycles. The molecule has 1 atom stereocenters. The number of ether oxygens (including phenoxy) is 1. The molecule has 17 heavy (non-hydrogen) atoms. The standard InChI is InChI=1S/C11H22N4O2/c1-9-4-3-5-15(9)11(16)7-14(13)6-10(12)8-17-2/h6,9H,3-5,7-8,12-13H2,1-2H3/b10-6-. The molecule has 1 aliphatic heterocycles. The highest BCUT2D eigenvalue weighted by Gasteiger charge is 2.25. The zero-order valence-corrected chi connectivity index (χ0v) is 10.6. The van der Waals surface area contributed by atoms with Gasteiger partial charge < -0.3 is 20.4 Å². The van der Waals surface area contributed by atoms with E-state index in [2.05, 4.69) is 6.92 Å². The van der Waals surface area contributed by atoms with E-state index in [1.165, 1.54) is 11.2 Å². The first-order valence-corrected chi connectivity index (χ1v) is 5.80. The van der Waals surface area contributed by atoms with E-state index in [4.69, 9.17) is 16.3 Å². The Balaban J connectivity index is 2.42. The maximum absolute atomic E-state index is 11.9. The van der Waals surface area contributed by atoms with Crippen molar-refractivity contribution >= 4 is 5.91 Å². The molecule has 1 unspecified atom stereocenters. The Kier molecular flexibility index (Phi) is 5.24. The second-order valence-electron chi connectivity index (χ2n) is 4.39. The number of nitrogens with two attached hydrogens (primary N) is 2. The van der Waals surface area contributed by atoms with E-state index in [-0.39, 0.29) is 12.5 Å². The summed E-state index contributed by atoms with van der Waals surface area (Å²) in [5.41, 5.74) is 6.13. The predicted molar refractivity (Wildman–Crippen MR) is 65.4 cm³/mol. The molecule has 0 aromatic heterocycles. The molecule has 0 aromatic carbocycles. The van der Waals surface area contributed by atoms with Crippen LogP contribution in [0.5, 0.6) is 0 Å². The van der Waals surface area contributed by atoms with Gasteiger partial charge in [0.15, 0.2) is 0 Å². The largest absolute Gasteiger partial charge is 0.399 e. The molecule has 1 fully saturated rings. The van der Waals surface area contributed by atoms with E-state index in [1.807, 2.05) is 4.90 Å². The quantitative estimate of drug-likeness (QED) is 0.507. The highest BCUT2D eigenvalue weighted by molar-refractivity contribution is 5.78. The fourth-order valence-corrected chi connectivity index (χ4v) is 2.01. The molecule has 0 aromatic rings. The van der Waals surface area contributed by atoms with Crippen LogP contribution in [0, 0.1) is 0 Å². The SMILES string of the molecule is COC/C(N)=C/N(N)CC(=O)N1CCCC1C. The average molecular weight is 242 g/mol. The van der Waals surface area contributed by atoms with Crippen LogP contribution in [0.3, 0.4) is 0 Å². The van der Waals surface area contributed by atoms with Crippen molar-refractivity contribution in [2.75, 3.05) is 26.8 Å². The molecule has 0 saturated carbocycles. The van der Waals surface area contributed by atoms with Gasteiger partial charge in [0.2, 0.25) is 5.91 Å². The van der Waals surface area contributed by atoms with E-state index in [1.54, 1.807) is 7.11 Å². The summed E-state index contributed by atoms with van der Waals surface area (Å²) in [4.78, 5) is 13.8. The van der Waals surface area contributed by atoms with Gasteiger partial charge in [-0.3, -0.25) is 4.79 Å². The van der Waals surface area contributed by atoms with Crippen LogP contribution in [0.25, 0.3) is 0 Å². The minimum Gasteiger partial charge on any atom is -0.399 e. The number of likely N-dealkylation sites (tertiary alicyclic amines) is 1. The van der Waals surface area contributed by atoms with Gasteiger partial charge in [-0.2, -0.15) is 0 Å². The van der Waals surface area contributed by atoms with Crippen LogP contribution in [0.1, 0.15) is 19.8 Å². The lowest BCUT2D eigenvalue weighted by Crippen LogP contribution is -2.42. The van der Waals surface area contributed by atoms with Gasteiger partial charge in [0.25, 0.3) is 0 Å². The Hall–Kier alpha value is -1.27. The molecule has 4 N–H and O–H groups in total. The summed E-state index contributed by atoms with van der Waals surface area (Å²) in [5, 5.41) is 1.31. The highest BCUT2D eigenvalue weighted by atomic mass is 16.5. The summed E-state index contributed by atoms with van der Waals surface area (Å²) in [5.74, 6) is 5.73. The van der Waals surface area contributed by atoms with Crippen molar-refractivity contribution in [3.63, 3.8) is 0 Å². The summed E-state index contributed by atoms with van der Waals surface area (Å²) in [6.07, 6.45) is 3.67. The third-order valence-corrected chi connectivity index (χ3v) is 2.83. The van der Waals surface area contributed by atoms with Crippen LogP contribution in [0.15, 0.2) is 11.9 Å². The van der Waals surface area contributed by atoms with E-state index in [0.29, 0.717) is 18.3 Å². The van der Waals surface area contributed by atoms with Gasteiger partial charge in [-0.05, 0) is 19.8 Å². The first-order valence-electron chi connectivity index (χ1n) is 5.80. The van der Waals surface area contributed by atoms with E-state index in [0.717, 1.165) is 19.4 Å². The maximum atomic E-state index is 11.9. The van der Waals surface area contributed by atoms with Gasteiger partial charge in [-0.15, -0.1) is 0 Å². The molecule has 1 rings (SSSR count). The fourth-order valence-electron chi connectivity index (χ4n) is 2.01. The van der Waals surface area contributed by atoms with Crippen LogP contribution in [-0.4, -0.2) is 48.7 Å². The molecule has 0 spiro atoms. The molecule has 0 aliphatic carbocycles. The lowest BCUT2D eigenvalue weighted by atomic mass is 10.2. The Labute approximate surface area is 102 Å². The Bertz CT molecular complexity index is 293. The van der Waals surface area contributed by atoms with Crippen molar-refractivity contribution in [3.8, 4) is 0 Å². The van der Waals surface area contributed by atoms with Crippen molar-refractivity contribution < 1.29 is 9.53 Å². The first-order chi connectivity index (χ1) is 8.04. The van der Waals surface area contributed by atoms with Crippen LogP contribution in [0.4, 0.5) is 0 Å². The number of methoxy groups -OCH3 is 1. The molecule has 0 bridgehead atoms. The average Bonchev–Trinajstić information content (AvgIpc) is 2.64. The van der Waals surface area contributed by atoms with Crippen molar-refractivity contribution in [3.05, 3.63) is 11.9 Å². The van der Waals surface area contributed by atoms with E-state index in [9.17, 15) is 4.79 Å². The Morgan fingerprint density at radius 3 is 2.88 bits per heavy atom. The number of carbonyl (C=O) groups is 1. The smallest absolute Gasteiger partial charge is 0.243 e. The molecule has 1 aliphatic rings. The molecule has 1 amide bonds. The van der Waals surface area contributed by atoms with Gasteiger partial charge in [-0.25, -0.2) is 5.84 Å². The van der Waals surface area contributed by atoms with Gasteiger partial charge in [-0.1, -0.05) is 0 Å². The third-order valence-electron chi connectivity index (χ3n) is 2.83. The molecule has 0 radical (unpaired) electrons. The number of rotatable bonds is 5. The van der Waals surface area contributed by atoms with E-state index < -0.39 is 0 Å². The van der Waals surface area contributed by atoms with Gasteiger partial charge in [0, 0.05) is 25.9 Å². The van der Waals surface area contributed by atoms with Crippen LogP contribution >= 0.6 is 0 Å². The number of amides is 1. The molecular weight excluding hydrogens is 220 g/mol. The Morgan fingerprint density at radius 1 is 1.65 bits per heavy atom. The van der Waals surface area contributed by atoms with E-state index >= 15 is 0 Å². The summed E-state index contributed by atoms with van der Waals surface area (Å²) < 4.78 is 4.86. The molecule has 98 valence electrons. The predicted octanol–water partition coefficient (Wildman–Crippen LogP) is -0.380. The fraction of sp³-hybridized carbons (Fsp3) is 0.727.